The van der Waals surface area contributed by atoms with Crippen molar-refractivity contribution in [2.75, 3.05) is 32.6 Å². The number of likely N-dealkylation sites (N-methyl/N-ethyl adjacent to an activating group) is 1. The topological polar surface area (TPSA) is 213 Å². The number of fused-ring (bicyclic) bond motifs is 2. The van der Waals surface area contributed by atoms with E-state index in [9.17, 15) is 34.5 Å². The van der Waals surface area contributed by atoms with Crippen LogP contribution < -0.4 is 20.2 Å². The summed E-state index contributed by atoms with van der Waals surface area (Å²) in [5.74, 6) is -6.79. The molecule has 1 amide bonds. The van der Waals surface area contributed by atoms with Crippen LogP contribution in [0, 0.1) is 30.6 Å². The average Bonchev–Trinajstić information content (AvgIpc) is 3.56. The number of amides is 1. The Morgan fingerprint density at radius 3 is 2.28 bits per heavy atom. The van der Waals surface area contributed by atoms with Crippen LogP contribution in [0.5, 0.6) is 17.2 Å². The van der Waals surface area contributed by atoms with Gasteiger partial charge in [0.2, 0.25) is 5.43 Å². The molecular weight excluding hydrogens is 875 g/mol. The molecule has 0 saturated heterocycles. The second-order valence-electron chi connectivity index (χ2n) is 19.5. The molecule has 0 spiro atoms. The number of ether oxygens (including phenoxy) is 5. The summed E-state index contributed by atoms with van der Waals surface area (Å²) in [7, 11) is 3.64. The molecule has 1 aliphatic carbocycles. The Morgan fingerprint density at radius 1 is 0.971 bits per heavy atom. The maximum absolute atomic E-state index is 14.8. The fraction of sp³-hybridized carbons (Fsp3) is 0.519. The number of methoxy groups -OCH3 is 1. The molecule has 68 heavy (non-hydrogen) atoms. The van der Waals surface area contributed by atoms with Gasteiger partial charge in [0.05, 0.1) is 54.7 Å². The number of hydrogen-bond donors (Lipinski definition) is 4. The van der Waals surface area contributed by atoms with Gasteiger partial charge < -0.3 is 53.2 Å². The summed E-state index contributed by atoms with van der Waals surface area (Å²) in [6, 6.07) is 5.78. The second kappa shape index (κ2) is 20.0. The van der Waals surface area contributed by atoms with E-state index in [0.29, 0.717) is 30.0 Å². The van der Waals surface area contributed by atoms with Crippen LogP contribution in [-0.4, -0.2) is 112 Å². The number of anilines is 1. The van der Waals surface area contributed by atoms with Crippen molar-refractivity contribution in [1.29, 1.82) is 0 Å². The lowest BCUT2D eigenvalue weighted by atomic mass is 9.78. The zero-order valence-corrected chi connectivity index (χ0v) is 41.6. The highest BCUT2D eigenvalue weighted by Crippen LogP contribution is 2.50. The Morgan fingerprint density at radius 2 is 1.65 bits per heavy atom. The number of nitrogens with zero attached hydrogens (tertiary/aromatic N) is 2. The highest BCUT2D eigenvalue weighted by Gasteiger charge is 2.50. The fourth-order valence-corrected chi connectivity index (χ4v) is 9.35. The lowest BCUT2D eigenvalue weighted by Crippen LogP contribution is -2.56. The molecule has 16 nitrogen and oxygen atoms in total. The average molecular weight is 943 g/mol. The molecule has 4 N–H and O–H groups in total. The van der Waals surface area contributed by atoms with Gasteiger partial charge >= 0.3 is 11.8 Å². The summed E-state index contributed by atoms with van der Waals surface area (Å²) in [5.41, 5.74) is -0.536. The number of rotatable bonds is 8. The van der Waals surface area contributed by atoms with Gasteiger partial charge in [-0.2, -0.15) is 0 Å². The molecule has 0 fully saturated rings. The van der Waals surface area contributed by atoms with Crippen molar-refractivity contribution >= 4 is 45.2 Å². The van der Waals surface area contributed by atoms with Gasteiger partial charge in [-0.3, -0.25) is 19.2 Å². The van der Waals surface area contributed by atoms with Crippen molar-refractivity contribution in [1.82, 2.24) is 4.98 Å². The molecule has 0 unspecified atom stereocenters. The number of phenols is 1. The molecule has 6 rings (SSSR count). The minimum Gasteiger partial charge on any atom is -0.507 e. The predicted molar refractivity (Wildman–Crippen MR) is 258 cm³/mol. The van der Waals surface area contributed by atoms with Crippen molar-refractivity contribution in [3.63, 3.8) is 0 Å². The molecule has 16 heteroatoms. The van der Waals surface area contributed by atoms with Crippen LogP contribution >= 0.6 is 0 Å². The first-order chi connectivity index (χ1) is 31.9. The van der Waals surface area contributed by atoms with Crippen molar-refractivity contribution in [2.45, 2.75) is 125 Å². The van der Waals surface area contributed by atoms with E-state index in [1.54, 1.807) is 58.0 Å². The molecule has 3 aliphatic heterocycles. The normalized spacial score (nSPS) is 28.1. The number of aromatic nitrogens is 1. The van der Waals surface area contributed by atoms with Crippen LogP contribution in [0.3, 0.4) is 0 Å². The summed E-state index contributed by atoms with van der Waals surface area (Å²) in [6.45, 7) is 22.5. The Hall–Kier alpha value is -5.81. The number of carbonyl (C=O) groups excluding carboxylic acids is 3. The number of aliphatic hydroxyl groups is 2. The monoisotopic (exact) mass is 942 g/mol. The zero-order valence-electron chi connectivity index (χ0n) is 41.6. The second-order valence-corrected chi connectivity index (χ2v) is 19.5. The molecular formula is C52H68N3O13+. The van der Waals surface area contributed by atoms with Crippen LogP contribution in [0.2, 0.25) is 0 Å². The number of aromatic hydroxyl groups is 1. The zero-order chi connectivity index (χ0) is 50.3. The largest absolute Gasteiger partial charge is 0.507 e. The van der Waals surface area contributed by atoms with E-state index in [1.165, 1.54) is 53.2 Å². The summed E-state index contributed by atoms with van der Waals surface area (Å²) in [4.78, 5) is 61.0. The number of Topliss-reactive ketones (excluding diaryl/α,β-unsaturated/α-hetero) is 1. The number of carbonyl (C=O) groups is 3. The maximum atomic E-state index is 14.8. The third-order valence-electron chi connectivity index (χ3n) is 14.5. The molecule has 0 saturated carbocycles. The van der Waals surface area contributed by atoms with Crippen LogP contribution in [0.25, 0.3) is 33.3 Å². The minimum absolute atomic E-state index is 0.0182. The van der Waals surface area contributed by atoms with Crippen molar-refractivity contribution in [2.24, 2.45) is 23.7 Å². The number of aliphatic hydroxyl groups excluding tert-OH is 2. The van der Waals surface area contributed by atoms with Crippen LogP contribution in [0.15, 0.2) is 63.6 Å². The van der Waals surface area contributed by atoms with E-state index in [2.05, 4.69) is 40.1 Å². The summed E-state index contributed by atoms with van der Waals surface area (Å²) in [6.07, 6.45) is 3.61. The number of quaternary nitrogens is 1. The van der Waals surface area contributed by atoms with E-state index < -0.39 is 82.7 Å². The van der Waals surface area contributed by atoms with Gasteiger partial charge in [-0.05, 0) is 59.8 Å². The quantitative estimate of drug-likeness (QED) is 0.0580. The molecule has 9 atom stereocenters. The Labute approximate surface area is 397 Å². The lowest BCUT2D eigenvalue weighted by molar-refractivity contribution is -0.949. The lowest BCUT2D eigenvalue weighted by Gasteiger charge is -2.42. The van der Waals surface area contributed by atoms with E-state index in [1.807, 2.05) is 0 Å². The fourth-order valence-electron chi connectivity index (χ4n) is 9.35. The molecule has 3 heterocycles. The van der Waals surface area contributed by atoms with Gasteiger partial charge in [0.15, 0.2) is 11.3 Å². The molecule has 2 aromatic rings. The van der Waals surface area contributed by atoms with Crippen LogP contribution in [0.4, 0.5) is 5.69 Å². The number of esters is 1. The maximum Gasteiger partial charge on any atom is 0.312 e. The van der Waals surface area contributed by atoms with Gasteiger partial charge in [-0.15, -0.1) is 0 Å². The number of allylic oxidation sites excluding steroid dienone is 2. The van der Waals surface area contributed by atoms with Crippen LogP contribution in [0.1, 0.15) is 92.1 Å². The number of nitrogens with one attached hydrogen (secondary N) is 1. The number of benzene rings is 3. The highest BCUT2D eigenvalue weighted by molar-refractivity contribution is 6.22. The number of hydrogen-bond acceptors (Lipinski definition) is 14. The first kappa shape index (κ1) is 51.6. The first-order valence-electron chi connectivity index (χ1n) is 23.3. The molecule has 0 radical (unpaired) electrons. The van der Waals surface area contributed by atoms with Gasteiger partial charge in [0.25, 0.3) is 11.7 Å². The highest BCUT2D eigenvalue weighted by atomic mass is 16.7. The summed E-state index contributed by atoms with van der Waals surface area (Å²) >= 11 is 0. The SMILES string of the molecule is CO[C@H]1/C=C/O[C@@]2(C)Oc3c(C)c(O)c4c(=O)c(c5oc6cc(OCC[N+](C)(C(C)C)C(C)C)ccc6nc-5c4c3C2=O)NC(=O)/C(C)=C\C=C\[C@H](C)[C@H](O)[C@@H](C)[C@@H](O)[C@@H](C)[C@H](OC(C)=O)[C@@H]1C. The molecule has 2 aromatic carbocycles. The minimum atomic E-state index is -2.04. The molecule has 4 bridgehead atoms. The molecule has 368 valence electrons. The van der Waals surface area contributed by atoms with Crippen LogP contribution in [-0.2, 0) is 23.8 Å². The summed E-state index contributed by atoms with van der Waals surface area (Å²) in [5, 5.41) is 37.2. The van der Waals surface area contributed by atoms with E-state index in [4.69, 9.17) is 33.1 Å². The van der Waals surface area contributed by atoms with Crippen molar-refractivity contribution < 1.29 is 62.3 Å². The smallest absolute Gasteiger partial charge is 0.312 e. The van der Waals surface area contributed by atoms with Gasteiger partial charge in [-0.1, -0.05) is 45.9 Å². The third kappa shape index (κ3) is 9.60. The van der Waals surface area contributed by atoms with E-state index in [0.717, 1.165) is 11.0 Å². The van der Waals surface area contributed by atoms with E-state index >= 15 is 0 Å². The summed E-state index contributed by atoms with van der Waals surface area (Å²) < 4.78 is 37.5. The molecule has 0 aromatic heterocycles. The van der Waals surface area contributed by atoms with Crippen molar-refractivity contribution in [3.8, 4) is 28.7 Å². The van der Waals surface area contributed by atoms with Gasteiger partial charge in [0, 0.05) is 67.2 Å². The number of ketones is 1. The van der Waals surface area contributed by atoms with Crippen molar-refractivity contribution in [3.05, 3.63) is 75.7 Å². The van der Waals surface area contributed by atoms with Gasteiger partial charge in [0.1, 0.15) is 53.4 Å². The Balaban J connectivity index is 1.55. The number of phenolic OH excluding ortho intramolecular Hbond substituents is 1. The van der Waals surface area contributed by atoms with Gasteiger partial charge in [-0.25, -0.2) is 4.98 Å². The third-order valence-corrected chi connectivity index (χ3v) is 14.5. The Bertz CT molecular complexity index is 2690. The van der Waals surface area contributed by atoms with E-state index in [-0.39, 0.29) is 55.9 Å². The predicted octanol–water partition coefficient (Wildman–Crippen LogP) is 7.59. The standard InChI is InChI=1S/C52H67N3O13/c1-25(2)55(13,26(3)4)21-23-64-34-18-19-35-37(24-34)67-49-41(53-35)38-39-45(59)32(10)48-40(38)50(61)52(12,68-48)65-22-20-36(63-14)29(7)47(66-33(11)56)31(9)44(58)30(8)43(57)27(5)16-15-17-28(6)51(62)54-42(49)46(39)60/h15-20,22,24-27,29-31,36,43-44,47,57-58H,21,23H2,1-14H3,(H-,53,54,59,60,61,62)/p+1/b16-15+,22-20+,28-17-/t27-,29+,30+,31+,36-,43-,44+,47+,52-/m0/s1. The first-order valence-corrected chi connectivity index (χ1v) is 23.3. The molecule has 4 aliphatic rings. The Kier molecular flexibility index (Phi) is 15.2.